The number of ether oxygens (including phenoxy) is 1. The molecule has 5 nitrogen and oxygen atoms in total. The minimum absolute atomic E-state index is 0.480. The summed E-state index contributed by atoms with van der Waals surface area (Å²) >= 11 is 0. The van der Waals surface area contributed by atoms with Gasteiger partial charge in [-0.1, -0.05) is 13.3 Å². The van der Waals surface area contributed by atoms with Gasteiger partial charge in [-0.2, -0.15) is 0 Å². The molecule has 0 heterocycles. The van der Waals surface area contributed by atoms with Gasteiger partial charge in [0.25, 0.3) is 0 Å². The Labute approximate surface area is 92.4 Å². The second-order valence-electron chi connectivity index (χ2n) is 3.42. The summed E-state index contributed by atoms with van der Waals surface area (Å²) in [6, 6.07) is 0. The lowest BCUT2D eigenvalue weighted by Crippen LogP contribution is -2.35. The van der Waals surface area contributed by atoms with E-state index in [0.717, 1.165) is 32.5 Å². The van der Waals surface area contributed by atoms with Gasteiger partial charge in [0.15, 0.2) is 6.29 Å². The zero-order valence-electron chi connectivity index (χ0n) is 9.67. The highest BCUT2D eigenvalue weighted by Gasteiger charge is 2.01. The molecule has 0 aliphatic rings. The molecule has 0 rings (SSSR count). The number of aliphatic hydroxyl groups excluding tert-OH is 1. The first-order valence-electron chi connectivity index (χ1n) is 5.72. The summed E-state index contributed by atoms with van der Waals surface area (Å²) < 4.78 is 5.16. The third-order valence-corrected chi connectivity index (χ3v) is 1.93. The van der Waals surface area contributed by atoms with Crippen LogP contribution in [0.25, 0.3) is 0 Å². The van der Waals surface area contributed by atoms with Crippen molar-refractivity contribution in [1.82, 2.24) is 10.6 Å². The lowest BCUT2D eigenvalue weighted by atomic mass is 10.4. The fraction of sp³-hybridized carbons (Fsp3) is 1.00. The first-order chi connectivity index (χ1) is 7.31. The quantitative estimate of drug-likeness (QED) is 0.272. The van der Waals surface area contributed by atoms with Gasteiger partial charge in [-0.05, 0) is 6.42 Å². The Bertz CT molecular complexity index is 125. The van der Waals surface area contributed by atoms with Crippen molar-refractivity contribution in [2.75, 3.05) is 39.3 Å². The van der Waals surface area contributed by atoms with Crippen molar-refractivity contribution in [2.24, 2.45) is 5.73 Å². The second-order valence-corrected chi connectivity index (χ2v) is 3.42. The maximum absolute atomic E-state index is 9.35. The molecular weight excluding hydrogens is 194 g/mol. The lowest BCUT2D eigenvalue weighted by Gasteiger charge is -2.12. The van der Waals surface area contributed by atoms with Crippen LogP contribution in [0.15, 0.2) is 0 Å². The average Bonchev–Trinajstić information content (AvgIpc) is 2.23. The number of unbranched alkanes of at least 4 members (excludes halogenated alkanes) is 1. The number of nitrogens with one attached hydrogen (secondary N) is 2. The van der Waals surface area contributed by atoms with Crippen molar-refractivity contribution in [1.29, 1.82) is 0 Å². The Morgan fingerprint density at radius 2 is 2.00 bits per heavy atom. The average molecular weight is 219 g/mol. The van der Waals surface area contributed by atoms with Crippen LogP contribution >= 0.6 is 0 Å². The molecule has 0 aliphatic carbocycles. The summed E-state index contributed by atoms with van der Waals surface area (Å²) in [7, 11) is 0. The van der Waals surface area contributed by atoms with Crippen molar-refractivity contribution >= 4 is 0 Å². The first kappa shape index (κ1) is 14.8. The molecule has 5 heteroatoms. The summed E-state index contributed by atoms with van der Waals surface area (Å²) in [6.07, 6.45) is 1.39. The maximum atomic E-state index is 9.35. The predicted octanol–water partition coefficient (Wildman–Crippen LogP) is -0.741. The number of nitrogens with two attached hydrogens (primary N) is 1. The van der Waals surface area contributed by atoms with Gasteiger partial charge in [-0.3, -0.25) is 0 Å². The Morgan fingerprint density at radius 3 is 2.67 bits per heavy atom. The molecular formula is C10H25N3O2. The van der Waals surface area contributed by atoms with Crippen molar-refractivity contribution < 1.29 is 9.84 Å². The van der Waals surface area contributed by atoms with Crippen molar-refractivity contribution in [3.8, 4) is 0 Å². The van der Waals surface area contributed by atoms with Crippen molar-refractivity contribution in [3.63, 3.8) is 0 Å². The molecule has 0 radical (unpaired) electrons. The summed E-state index contributed by atoms with van der Waals surface area (Å²) in [6.45, 7) is 6.36. The van der Waals surface area contributed by atoms with E-state index >= 15 is 0 Å². The monoisotopic (exact) mass is 219 g/mol. The molecule has 0 fully saturated rings. The maximum Gasteiger partial charge on any atom is 0.167 e. The lowest BCUT2D eigenvalue weighted by molar-refractivity contribution is -0.0963. The SMILES string of the molecule is CCCCOC(O)CNCCNCCN. The molecule has 0 bridgehead atoms. The zero-order chi connectivity index (χ0) is 11.4. The van der Waals surface area contributed by atoms with Crippen LogP contribution in [0.4, 0.5) is 0 Å². The molecule has 5 N–H and O–H groups in total. The van der Waals surface area contributed by atoms with E-state index in [1.54, 1.807) is 0 Å². The summed E-state index contributed by atoms with van der Waals surface area (Å²) in [5.41, 5.74) is 5.32. The van der Waals surface area contributed by atoms with Gasteiger partial charge in [0, 0.05) is 39.3 Å². The number of hydrogen-bond donors (Lipinski definition) is 4. The molecule has 1 atom stereocenters. The summed E-state index contributed by atoms with van der Waals surface area (Å²) in [5, 5.41) is 15.6. The van der Waals surface area contributed by atoms with E-state index < -0.39 is 6.29 Å². The van der Waals surface area contributed by atoms with Crippen LogP contribution in [-0.2, 0) is 4.74 Å². The Morgan fingerprint density at radius 1 is 1.27 bits per heavy atom. The van der Waals surface area contributed by atoms with E-state index in [1.807, 2.05) is 0 Å². The fourth-order valence-electron chi connectivity index (χ4n) is 1.05. The Hall–Kier alpha value is -0.200. The Balaban J connectivity index is 3.06. The normalized spacial score (nSPS) is 13.0. The van der Waals surface area contributed by atoms with Crippen LogP contribution in [-0.4, -0.2) is 50.7 Å². The molecule has 0 aromatic carbocycles. The van der Waals surface area contributed by atoms with Gasteiger partial charge < -0.3 is 26.2 Å². The van der Waals surface area contributed by atoms with E-state index in [2.05, 4.69) is 17.6 Å². The van der Waals surface area contributed by atoms with Crippen LogP contribution in [0.2, 0.25) is 0 Å². The van der Waals surface area contributed by atoms with Crippen LogP contribution in [0.5, 0.6) is 0 Å². The Kier molecular flexibility index (Phi) is 11.7. The van der Waals surface area contributed by atoms with E-state index in [0.29, 0.717) is 19.7 Å². The molecule has 0 saturated carbocycles. The zero-order valence-corrected chi connectivity index (χ0v) is 9.67. The minimum atomic E-state index is -0.689. The number of hydrogen-bond acceptors (Lipinski definition) is 5. The van der Waals surface area contributed by atoms with E-state index in [4.69, 9.17) is 10.5 Å². The molecule has 0 aliphatic heterocycles. The number of rotatable bonds is 11. The van der Waals surface area contributed by atoms with Crippen LogP contribution < -0.4 is 16.4 Å². The van der Waals surface area contributed by atoms with Gasteiger partial charge in [-0.15, -0.1) is 0 Å². The van der Waals surface area contributed by atoms with Gasteiger partial charge >= 0.3 is 0 Å². The smallest absolute Gasteiger partial charge is 0.167 e. The third kappa shape index (κ3) is 11.7. The molecule has 92 valence electrons. The third-order valence-electron chi connectivity index (χ3n) is 1.93. The van der Waals surface area contributed by atoms with Gasteiger partial charge in [0.2, 0.25) is 0 Å². The van der Waals surface area contributed by atoms with Crippen LogP contribution in [0.1, 0.15) is 19.8 Å². The largest absolute Gasteiger partial charge is 0.367 e. The topological polar surface area (TPSA) is 79.5 Å². The summed E-state index contributed by atoms with van der Waals surface area (Å²) in [4.78, 5) is 0. The molecule has 15 heavy (non-hydrogen) atoms. The van der Waals surface area contributed by atoms with E-state index in [-0.39, 0.29) is 0 Å². The van der Waals surface area contributed by atoms with E-state index in [1.165, 1.54) is 0 Å². The van der Waals surface area contributed by atoms with Gasteiger partial charge in [-0.25, -0.2) is 0 Å². The first-order valence-corrected chi connectivity index (χ1v) is 5.72. The molecule has 1 unspecified atom stereocenters. The second kappa shape index (κ2) is 11.9. The fourth-order valence-corrected chi connectivity index (χ4v) is 1.05. The number of aliphatic hydroxyl groups is 1. The van der Waals surface area contributed by atoms with Gasteiger partial charge in [0.05, 0.1) is 0 Å². The highest BCUT2D eigenvalue weighted by Crippen LogP contribution is 1.91. The minimum Gasteiger partial charge on any atom is -0.367 e. The molecule has 0 spiro atoms. The van der Waals surface area contributed by atoms with Crippen LogP contribution in [0.3, 0.4) is 0 Å². The highest BCUT2D eigenvalue weighted by atomic mass is 16.6. The van der Waals surface area contributed by atoms with Crippen LogP contribution in [0, 0.1) is 0 Å². The van der Waals surface area contributed by atoms with Gasteiger partial charge in [0.1, 0.15) is 0 Å². The van der Waals surface area contributed by atoms with Crippen molar-refractivity contribution in [2.45, 2.75) is 26.1 Å². The molecule has 0 saturated heterocycles. The highest BCUT2D eigenvalue weighted by molar-refractivity contribution is 4.53. The summed E-state index contributed by atoms with van der Waals surface area (Å²) in [5.74, 6) is 0. The van der Waals surface area contributed by atoms with Crippen molar-refractivity contribution in [3.05, 3.63) is 0 Å². The molecule has 0 aromatic heterocycles. The molecule has 0 amide bonds. The molecule has 0 aromatic rings. The standard InChI is InChI=1S/C10H25N3O2/c1-2-3-8-15-10(14)9-13-7-6-12-5-4-11/h10,12-14H,2-9,11H2,1H3. The predicted molar refractivity (Wildman–Crippen MR) is 61.7 cm³/mol. The van der Waals surface area contributed by atoms with E-state index in [9.17, 15) is 5.11 Å².